The maximum atomic E-state index is 14.2. The van der Waals surface area contributed by atoms with Crippen LogP contribution in [0.1, 0.15) is 36.9 Å². The molecule has 0 amide bonds. The van der Waals surface area contributed by atoms with E-state index in [4.69, 9.17) is 4.74 Å². The van der Waals surface area contributed by atoms with Crippen LogP contribution in [0, 0.1) is 12.7 Å². The van der Waals surface area contributed by atoms with Gasteiger partial charge in [-0.05, 0) is 37.4 Å². The smallest absolute Gasteiger partial charge is 0.131 e. The van der Waals surface area contributed by atoms with Crippen LogP contribution in [0.3, 0.4) is 0 Å². The molecule has 1 aliphatic heterocycles. The molecule has 2 rings (SSSR count). The van der Waals surface area contributed by atoms with Gasteiger partial charge in [0.05, 0.1) is 18.9 Å². The van der Waals surface area contributed by atoms with Gasteiger partial charge in [-0.25, -0.2) is 4.39 Å². The summed E-state index contributed by atoms with van der Waals surface area (Å²) in [6.07, 6.45) is 3.75. The Hall–Kier alpha value is -1.35. The van der Waals surface area contributed by atoms with Gasteiger partial charge in [0.2, 0.25) is 0 Å². The minimum atomic E-state index is -0.116. The number of hydrogen-bond donors (Lipinski definition) is 1. The van der Waals surface area contributed by atoms with Crippen molar-refractivity contribution in [2.24, 2.45) is 0 Å². The Balaban J connectivity index is 2.34. The number of aryl methyl sites for hydroxylation is 1. The molecule has 1 unspecified atom stereocenters. The molecule has 1 N–H and O–H groups in total. The first-order valence-corrected chi connectivity index (χ1v) is 6.53. The van der Waals surface area contributed by atoms with E-state index in [0.29, 0.717) is 11.1 Å². The molecule has 0 saturated carbocycles. The first kappa shape index (κ1) is 13.1. The van der Waals surface area contributed by atoms with Gasteiger partial charge in [0.25, 0.3) is 0 Å². The number of hydrogen-bond acceptors (Lipinski definition) is 2. The normalized spacial score (nSPS) is 16.9. The predicted molar refractivity (Wildman–Crippen MR) is 70.8 cm³/mol. The summed E-state index contributed by atoms with van der Waals surface area (Å²) in [5, 5.41) is 3.35. The fourth-order valence-corrected chi connectivity index (χ4v) is 2.33. The molecule has 0 fully saturated rings. The fourth-order valence-electron chi connectivity index (χ4n) is 2.33. The zero-order valence-electron chi connectivity index (χ0n) is 11.0. The minimum Gasteiger partial charge on any atom is -0.501 e. The lowest BCUT2D eigenvalue weighted by Crippen LogP contribution is -2.25. The zero-order valence-corrected chi connectivity index (χ0v) is 11.0. The van der Waals surface area contributed by atoms with Crippen LogP contribution in [0.5, 0.6) is 0 Å². The second-order valence-electron chi connectivity index (χ2n) is 4.64. The molecule has 0 bridgehead atoms. The molecule has 1 aromatic carbocycles. The molecule has 1 aliphatic rings. The van der Waals surface area contributed by atoms with Crippen molar-refractivity contribution in [3.8, 4) is 0 Å². The summed E-state index contributed by atoms with van der Waals surface area (Å²) in [6, 6.07) is 5.48. The van der Waals surface area contributed by atoms with E-state index < -0.39 is 0 Å². The highest BCUT2D eigenvalue weighted by Gasteiger charge is 2.21. The third-order valence-electron chi connectivity index (χ3n) is 3.27. The van der Waals surface area contributed by atoms with Crippen LogP contribution in [-0.2, 0) is 4.74 Å². The third-order valence-corrected chi connectivity index (χ3v) is 3.27. The number of nitrogens with one attached hydrogen (secondary N) is 1. The molecule has 0 aliphatic carbocycles. The molecule has 2 nitrogen and oxygen atoms in total. The van der Waals surface area contributed by atoms with Crippen LogP contribution in [-0.4, -0.2) is 13.2 Å². The summed E-state index contributed by atoms with van der Waals surface area (Å²) in [7, 11) is 0. The Bertz CT molecular complexity index is 442. The van der Waals surface area contributed by atoms with Crippen LogP contribution >= 0.6 is 0 Å². The molecule has 0 aromatic heterocycles. The molecule has 1 heterocycles. The molecular formula is C15H20FNO. The van der Waals surface area contributed by atoms with E-state index in [-0.39, 0.29) is 11.9 Å². The lowest BCUT2D eigenvalue weighted by atomic mass is 9.93. The second kappa shape index (κ2) is 6.01. The fraction of sp³-hybridized carbons (Fsp3) is 0.467. The van der Waals surface area contributed by atoms with Gasteiger partial charge in [0, 0.05) is 5.56 Å². The van der Waals surface area contributed by atoms with E-state index in [1.54, 1.807) is 19.3 Å². The van der Waals surface area contributed by atoms with Crippen molar-refractivity contribution in [1.29, 1.82) is 0 Å². The maximum Gasteiger partial charge on any atom is 0.131 e. The standard InChI is InChI=1S/C15H20FNO/c1-3-17-15(12-7-5-9-18-10-12)13-8-4-6-11(2)14(13)16/h4,6,8,10,15,17H,3,5,7,9H2,1-2H3. The molecule has 3 heteroatoms. The lowest BCUT2D eigenvalue weighted by Gasteiger charge is -2.25. The summed E-state index contributed by atoms with van der Waals surface area (Å²) in [6.45, 7) is 5.40. The molecule has 1 aromatic rings. The van der Waals surface area contributed by atoms with Crippen molar-refractivity contribution in [2.75, 3.05) is 13.2 Å². The van der Waals surface area contributed by atoms with Crippen LogP contribution in [0.25, 0.3) is 0 Å². The van der Waals surface area contributed by atoms with Gasteiger partial charge < -0.3 is 10.1 Å². The van der Waals surface area contributed by atoms with Gasteiger partial charge >= 0.3 is 0 Å². The highest BCUT2D eigenvalue weighted by Crippen LogP contribution is 2.30. The Labute approximate surface area is 108 Å². The quantitative estimate of drug-likeness (QED) is 0.882. The van der Waals surface area contributed by atoms with Gasteiger partial charge in [0.1, 0.15) is 5.82 Å². The first-order valence-electron chi connectivity index (χ1n) is 6.53. The van der Waals surface area contributed by atoms with E-state index in [1.807, 2.05) is 19.1 Å². The number of likely N-dealkylation sites (N-methyl/N-ethyl adjacent to an activating group) is 1. The van der Waals surface area contributed by atoms with Crippen molar-refractivity contribution < 1.29 is 9.13 Å². The summed E-state index contributed by atoms with van der Waals surface area (Å²) in [5.74, 6) is -0.116. The van der Waals surface area contributed by atoms with Gasteiger partial charge in [-0.3, -0.25) is 0 Å². The molecule has 0 saturated heterocycles. The second-order valence-corrected chi connectivity index (χ2v) is 4.64. The Morgan fingerprint density at radius 3 is 2.94 bits per heavy atom. The highest BCUT2D eigenvalue weighted by atomic mass is 19.1. The van der Waals surface area contributed by atoms with Gasteiger partial charge in [-0.2, -0.15) is 0 Å². The van der Waals surface area contributed by atoms with Crippen LogP contribution in [0.15, 0.2) is 30.0 Å². The SMILES string of the molecule is CCNC(C1=COCCC1)c1cccc(C)c1F. The van der Waals surface area contributed by atoms with Crippen molar-refractivity contribution in [3.63, 3.8) is 0 Å². The molecule has 1 atom stereocenters. The van der Waals surface area contributed by atoms with Crippen LogP contribution < -0.4 is 5.32 Å². The molecule has 0 radical (unpaired) electrons. The van der Waals surface area contributed by atoms with Crippen molar-refractivity contribution in [1.82, 2.24) is 5.32 Å². The summed E-state index contributed by atoms with van der Waals surface area (Å²) >= 11 is 0. The van der Waals surface area contributed by atoms with Gasteiger partial charge in [-0.15, -0.1) is 0 Å². The van der Waals surface area contributed by atoms with Gasteiger partial charge in [0.15, 0.2) is 0 Å². The summed E-state index contributed by atoms with van der Waals surface area (Å²) in [4.78, 5) is 0. The van der Waals surface area contributed by atoms with E-state index in [1.165, 1.54) is 0 Å². The summed E-state index contributed by atoms with van der Waals surface area (Å²) in [5.41, 5.74) is 2.54. The highest BCUT2D eigenvalue weighted by molar-refractivity contribution is 5.33. The third kappa shape index (κ3) is 2.72. The van der Waals surface area contributed by atoms with Crippen LogP contribution in [0.4, 0.5) is 4.39 Å². The Morgan fingerprint density at radius 2 is 2.28 bits per heavy atom. The average Bonchev–Trinajstić information content (AvgIpc) is 2.41. The number of rotatable bonds is 4. The minimum absolute atomic E-state index is 0.0739. The molecule has 0 spiro atoms. The van der Waals surface area contributed by atoms with Crippen LogP contribution in [0.2, 0.25) is 0 Å². The number of ether oxygens (including phenoxy) is 1. The van der Waals surface area contributed by atoms with Crippen molar-refractivity contribution in [2.45, 2.75) is 32.7 Å². The summed E-state index contributed by atoms with van der Waals surface area (Å²) < 4.78 is 19.6. The number of benzene rings is 1. The monoisotopic (exact) mass is 249 g/mol. The Kier molecular flexibility index (Phi) is 4.37. The molecular weight excluding hydrogens is 229 g/mol. The van der Waals surface area contributed by atoms with E-state index in [9.17, 15) is 4.39 Å². The molecule has 18 heavy (non-hydrogen) atoms. The average molecular weight is 249 g/mol. The van der Waals surface area contributed by atoms with Crippen molar-refractivity contribution in [3.05, 3.63) is 47.0 Å². The molecule has 98 valence electrons. The maximum absolute atomic E-state index is 14.2. The Morgan fingerprint density at radius 1 is 1.44 bits per heavy atom. The predicted octanol–water partition coefficient (Wildman–Crippen LogP) is 3.48. The lowest BCUT2D eigenvalue weighted by molar-refractivity contribution is 0.219. The van der Waals surface area contributed by atoms with Crippen molar-refractivity contribution >= 4 is 0 Å². The number of halogens is 1. The largest absolute Gasteiger partial charge is 0.501 e. The first-order chi connectivity index (χ1) is 8.74. The van der Waals surface area contributed by atoms with Gasteiger partial charge in [-0.1, -0.05) is 25.1 Å². The zero-order chi connectivity index (χ0) is 13.0. The van der Waals surface area contributed by atoms with E-state index in [0.717, 1.165) is 31.6 Å². The van der Waals surface area contributed by atoms with E-state index in [2.05, 4.69) is 5.32 Å². The topological polar surface area (TPSA) is 21.3 Å². The van der Waals surface area contributed by atoms with E-state index >= 15 is 0 Å².